The fourth-order valence-electron chi connectivity index (χ4n) is 1.52. The summed E-state index contributed by atoms with van der Waals surface area (Å²) in [6, 6.07) is 1.13. The quantitative estimate of drug-likeness (QED) is 0.828. The van der Waals surface area contributed by atoms with Crippen molar-refractivity contribution >= 4 is 31.8 Å². The van der Waals surface area contributed by atoms with E-state index < -0.39 is 10.0 Å². The number of aliphatic hydroxyl groups excluding tert-OH is 1. The molecule has 0 spiro atoms. The molecule has 1 rings (SSSR count). The zero-order valence-electron chi connectivity index (χ0n) is 10.2. The van der Waals surface area contributed by atoms with Crippen LogP contribution < -0.4 is 5.73 Å². The third-order valence-electron chi connectivity index (χ3n) is 2.33. The van der Waals surface area contributed by atoms with Crippen LogP contribution >= 0.6 is 15.9 Å². The lowest BCUT2D eigenvalue weighted by molar-refractivity contribution is 0.236. The van der Waals surface area contributed by atoms with Crippen molar-refractivity contribution in [1.82, 2.24) is 9.29 Å². The van der Waals surface area contributed by atoms with Crippen LogP contribution in [0.25, 0.3) is 0 Å². The maximum absolute atomic E-state index is 12.4. The first-order chi connectivity index (χ1) is 8.30. The number of pyridine rings is 1. The number of aliphatic hydroxyl groups is 1. The average Bonchev–Trinajstić information content (AvgIpc) is 2.28. The van der Waals surface area contributed by atoms with Crippen LogP contribution in [0, 0.1) is 0 Å². The fraction of sp³-hybridized carbons (Fsp3) is 0.500. The number of nitrogens with two attached hydrogens (primary N) is 1. The van der Waals surface area contributed by atoms with E-state index in [4.69, 9.17) is 10.8 Å². The third-order valence-corrected chi connectivity index (χ3v) is 4.87. The summed E-state index contributed by atoms with van der Waals surface area (Å²) in [5, 5.41) is 8.96. The van der Waals surface area contributed by atoms with Crippen LogP contribution in [0.5, 0.6) is 0 Å². The summed E-state index contributed by atoms with van der Waals surface area (Å²) in [4.78, 5) is 3.75. The van der Waals surface area contributed by atoms with Gasteiger partial charge in [-0.2, -0.15) is 4.31 Å². The van der Waals surface area contributed by atoms with Crippen molar-refractivity contribution in [2.45, 2.75) is 24.8 Å². The Morgan fingerprint density at radius 3 is 2.67 bits per heavy atom. The highest BCUT2D eigenvalue weighted by molar-refractivity contribution is 9.10. The Morgan fingerprint density at radius 1 is 1.56 bits per heavy atom. The monoisotopic (exact) mass is 337 g/mol. The van der Waals surface area contributed by atoms with Crippen LogP contribution in [-0.2, 0) is 10.0 Å². The first-order valence-corrected chi connectivity index (χ1v) is 7.57. The Bertz CT molecular complexity index is 519. The molecule has 0 bridgehead atoms. The van der Waals surface area contributed by atoms with Crippen LogP contribution in [0.3, 0.4) is 0 Å². The maximum Gasteiger partial charge on any atom is 0.247 e. The van der Waals surface area contributed by atoms with Crippen molar-refractivity contribution in [3.63, 3.8) is 0 Å². The van der Waals surface area contributed by atoms with Crippen molar-refractivity contribution in [3.05, 3.63) is 16.7 Å². The van der Waals surface area contributed by atoms with Gasteiger partial charge in [0.25, 0.3) is 0 Å². The largest absolute Gasteiger partial charge is 0.395 e. The van der Waals surface area contributed by atoms with Crippen LogP contribution in [-0.4, -0.2) is 42.0 Å². The van der Waals surface area contributed by atoms with Crippen LogP contribution in [0.15, 0.2) is 21.6 Å². The van der Waals surface area contributed by atoms with Gasteiger partial charge in [-0.25, -0.2) is 13.4 Å². The summed E-state index contributed by atoms with van der Waals surface area (Å²) in [6.45, 7) is 3.23. The SMILES string of the molecule is CC(C)N(CCO)S(=O)(=O)c1cc(Br)cnc1N. The highest BCUT2D eigenvalue weighted by atomic mass is 79.9. The molecule has 0 unspecified atom stereocenters. The lowest BCUT2D eigenvalue weighted by atomic mass is 10.4. The normalized spacial score (nSPS) is 12.3. The van der Waals surface area contributed by atoms with E-state index in [-0.39, 0.29) is 29.9 Å². The van der Waals surface area contributed by atoms with E-state index in [9.17, 15) is 8.42 Å². The number of hydrogen-bond acceptors (Lipinski definition) is 5. The molecule has 102 valence electrons. The second-order valence-corrected chi connectivity index (χ2v) is 6.74. The molecule has 8 heteroatoms. The van der Waals surface area contributed by atoms with E-state index >= 15 is 0 Å². The van der Waals surface area contributed by atoms with Crippen molar-refractivity contribution in [3.8, 4) is 0 Å². The molecule has 0 radical (unpaired) electrons. The number of aromatic nitrogens is 1. The van der Waals surface area contributed by atoms with E-state index in [2.05, 4.69) is 20.9 Å². The molecule has 0 aliphatic carbocycles. The van der Waals surface area contributed by atoms with Crippen LogP contribution in [0.2, 0.25) is 0 Å². The molecule has 0 aliphatic heterocycles. The number of rotatable bonds is 5. The number of anilines is 1. The second-order valence-electron chi connectivity index (χ2n) is 3.97. The second kappa shape index (κ2) is 5.96. The van der Waals surface area contributed by atoms with Gasteiger partial charge >= 0.3 is 0 Å². The predicted molar refractivity (Wildman–Crippen MR) is 72.5 cm³/mol. The molecule has 0 saturated heterocycles. The fourth-order valence-corrected chi connectivity index (χ4v) is 3.72. The smallest absolute Gasteiger partial charge is 0.247 e. The summed E-state index contributed by atoms with van der Waals surface area (Å²) in [5.41, 5.74) is 5.61. The number of sulfonamides is 1. The lowest BCUT2D eigenvalue weighted by Crippen LogP contribution is -2.39. The summed E-state index contributed by atoms with van der Waals surface area (Å²) in [6.07, 6.45) is 1.43. The van der Waals surface area contributed by atoms with Crippen molar-refractivity contribution < 1.29 is 13.5 Å². The van der Waals surface area contributed by atoms with Gasteiger partial charge in [0, 0.05) is 23.3 Å². The van der Waals surface area contributed by atoms with Gasteiger partial charge in [-0.05, 0) is 35.8 Å². The molecule has 0 atom stereocenters. The maximum atomic E-state index is 12.4. The molecule has 1 aromatic rings. The van der Waals surface area contributed by atoms with E-state index in [1.165, 1.54) is 16.6 Å². The number of halogens is 1. The Morgan fingerprint density at radius 2 is 2.17 bits per heavy atom. The molecule has 0 fully saturated rings. The van der Waals surface area contributed by atoms with Gasteiger partial charge in [0.1, 0.15) is 10.7 Å². The minimum Gasteiger partial charge on any atom is -0.395 e. The van der Waals surface area contributed by atoms with E-state index in [0.29, 0.717) is 4.47 Å². The van der Waals surface area contributed by atoms with E-state index in [1.54, 1.807) is 13.8 Å². The van der Waals surface area contributed by atoms with Gasteiger partial charge in [-0.15, -0.1) is 0 Å². The standard InChI is InChI=1S/C10H16BrN3O3S/c1-7(2)14(3-4-15)18(16,17)9-5-8(11)6-13-10(9)12/h5-7,15H,3-4H2,1-2H3,(H2,12,13). The van der Waals surface area contributed by atoms with Gasteiger partial charge < -0.3 is 10.8 Å². The number of nitrogens with zero attached hydrogens (tertiary/aromatic N) is 2. The van der Waals surface area contributed by atoms with Gasteiger partial charge in [0.05, 0.1) is 6.61 Å². The third kappa shape index (κ3) is 3.19. The average molecular weight is 338 g/mol. The van der Waals surface area contributed by atoms with Gasteiger partial charge in [0.2, 0.25) is 10.0 Å². The summed E-state index contributed by atoms with van der Waals surface area (Å²) < 4.78 is 26.5. The van der Waals surface area contributed by atoms with Gasteiger partial charge in [-0.1, -0.05) is 0 Å². The van der Waals surface area contributed by atoms with Gasteiger partial charge in [-0.3, -0.25) is 0 Å². The Labute approximate surface area is 115 Å². The molecule has 1 heterocycles. The van der Waals surface area contributed by atoms with Crippen LogP contribution in [0.4, 0.5) is 5.82 Å². The molecule has 0 aliphatic rings. The molecular weight excluding hydrogens is 322 g/mol. The van der Waals surface area contributed by atoms with Crippen molar-refractivity contribution in [2.75, 3.05) is 18.9 Å². The zero-order valence-corrected chi connectivity index (χ0v) is 12.6. The number of nitrogen functional groups attached to an aromatic ring is 1. The molecule has 0 saturated carbocycles. The van der Waals surface area contributed by atoms with Gasteiger partial charge in [0.15, 0.2) is 0 Å². The van der Waals surface area contributed by atoms with Crippen molar-refractivity contribution in [1.29, 1.82) is 0 Å². The predicted octanol–water partition coefficient (Wildman–Crippen LogP) is 0.818. The van der Waals surface area contributed by atoms with E-state index in [0.717, 1.165) is 0 Å². The molecule has 3 N–H and O–H groups in total. The Hall–Kier alpha value is -0.700. The summed E-state index contributed by atoms with van der Waals surface area (Å²) in [7, 11) is -3.76. The minimum atomic E-state index is -3.76. The summed E-state index contributed by atoms with van der Waals surface area (Å²) in [5.74, 6) is -0.0539. The molecule has 0 aromatic carbocycles. The van der Waals surface area contributed by atoms with Crippen LogP contribution in [0.1, 0.15) is 13.8 Å². The molecular formula is C10H16BrN3O3S. The first kappa shape index (κ1) is 15.4. The Balaban J connectivity index is 3.30. The zero-order chi connectivity index (χ0) is 13.9. The first-order valence-electron chi connectivity index (χ1n) is 5.34. The molecule has 6 nitrogen and oxygen atoms in total. The Kier molecular flexibility index (Phi) is 5.09. The number of hydrogen-bond donors (Lipinski definition) is 2. The summed E-state index contributed by atoms with van der Waals surface area (Å²) >= 11 is 3.16. The molecule has 0 amide bonds. The van der Waals surface area contributed by atoms with Crippen molar-refractivity contribution in [2.24, 2.45) is 0 Å². The molecule has 1 aromatic heterocycles. The lowest BCUT2D eigenvalue weighted by Gasteiger charge is -2.25. The minimum absolute atomic E-state index is 0.0198. The highest BCUT2D eigenvalue weighted by Crippen LogP contribution is 2.25. The molecule has 18 heavy (non-hydrogen) atoms. The topological polar surface area (TPSA) is 96.5 Å². The highest BCUT2D eigenvalue weighted by Gasteiger charge is 2.29. The van der Waals surface area contributed by atoms with E-state index in [1.807, 2.05) is 0 Å².